The summed E-state index contributed by atoms with van der Waals surface area (Å²) in [5.41, 5.74) is 0.809. The molecule has 1 aliphatic heterocycles. The van der Waals surface area contributed by atoms with Gasteiger partial charge in [-0.05, 0) is 25.1 Å². The molecular formula is C16H20N4O2S. The Morgan fingerprint density at radius 2 is 2.22 bits per heavy atom. The summed E-state index contributed by atoms with van der Waals surface area (Å²) in [4.78, 5) is 27.0. The Labute approximate surface area is 139 Å². The van der Waals surface area contributed by atoms with Crippen molar-refractivity contribution in [3.05, 3.63) is 39.8 Å². The van der Waals surface area contributed by atoms with Gasteiger partial charge in [-0.2, -0.15) is 0 Å². The number of nitrogens with zero attached hydrogens (tertiary/aromatic N) is 4. The van der Waals surface area contributed by atoms with Gasteiger partial charge in [0.05, 0.1) is 23.7 Å². The van der Waals surface area contributed by atoms with Gasteiger partial charge < -0.3 is 14.5 Å². The van der Waals surface area contributed by atoms with Crippen LogP contribution >= 0.6 is 11.3 Å². The van der Waals surface area contributed by atoms with Gasteiger partial charge in [0, 0.05) is 31.7 Å². The highest BCUT2D eigenvalue weighted by Crippen LogP contribution is 2.24. The molecule has 122 valence electrons. The summed E-state index contributed by atoms with van der Waals surface area (Å²) in [5.74, 6) is 0.710. The molecule has 6 nitrogen and oxygen atoms in total. The van der Waals surface area contributed by atoms with E-state index in [-0.39, 0.29) is 12.0 Å². The Kier molecular flexibility index (Phi) is 4.58. The molecule has 1 fully saturated rings. The lowest BCUT2D eigenvalue weighted by molar-refractivity contribution is -0.0245. The highest BCUT2D eigenvalue weighted by Gasteiger charge is 2.27. The predicted octanol–water partition coefficient (Wildman–Crippen LogP) is 2.13. The number of carbonyl (C=O) groups excluding carboxylic acids is 1. The first kappa shape index (κ1) is 15.9. The van der Waals surface area contributed by atoms with E-state index in [9.17, 15) is 4.79 Å². The average Bonchev–Trinajstić information content (AvgIpc) is 3.01. The molecule has 0 unspecified atom stereocenters. The van der Waals surface area contributed by atoms with Crippen LogP contribution in [-0.2, 0) is 4.74 Å². The van der Waals surface area contributed by atoms with E-state index in [4.69, 9.17) is 4.74 Å². The molecule has 0 saturated carbocycles. The lowest BCUT2D eigenvalue weighted by atomic mass is 10.2. The fraction of sp³-hybridized carbons (Fsp3) is 0.438. The number of hydrogen-bond donors (Lipinski definition) is 0. The van der Waals surface area contributed by atoms with Crippen LogP contribution in [0, 0.1) is 6.92 Å². The average molecular weight is 332 g/mol. The first-order chi connectivity index (χ1) is 11.0. The van der Waals surface area contributed by atoms with Crippen LogP contribution in [0.3, 0.4) is 0 Å². The Bertz CT molecular complexity index is 701. The molecule has 0 bridgehead atoms. The monoisotopic (exact) mass is 332 g/mol. The van der Waals surface area contributed by atoms with Gasteiger partial charge in [-0.1, -0.05) is 0 Å². The van der Waals surface area contributed by atoms with E-state index in [0.29, 0.717) is 25.6 Å². The maximum atomic E-state index is 12.6. The minimum atomic E-state index is -0.213. The van der Waals surface area contributed by atoms with E-state index in [2.05, 4.69) is 9.97 Å². The van der Waals surface area contributed by atoms with Crippen LogP contribution in [-0.4, -0.2) is 54.6 Å². The fourth-order valence-corrected chi connectivity index (χ4v) is 3.31. The summed E-state index contributed by atoms with van der Waals surface area (Å²) >= 11 is 1.53. The molecule has 0 spiro atoms. The van der Waals surface area contributed by atoms with Gasteiger partial charge in [0.2, 0.25) is 5.95 Å². The SMILES string of the molecule is Cc1ccc(C(=O)N2CCO[C@@H](c3ccnc(N(C)C)n3)C2)s1. The van der Waals surface area contributed by atoms with Crippen molar-refractivity contribution in [2.24, 2.45) is 0 Å². The summed E-state index contributed by atoms with van der Waals surface area (Å²) in [7, 11) is 3.80. The molecule has 0 N–H and O–H groups in total. The van der Waals surface area contributed by atoms with E-state index in [1.807, 2.05) is 49.0 Å². The topological polar surface area (TPSA) is 58.6 Å². The van der Waals surface area contributed by atoms with E-state index < -0.39 is 0 Å². The normalized spacial score (nSPS) is 18.0. The van der Waals surface area contributed by atoms with Gasteiger partial charge in [-0.15, -0.1) is 11.3 Å². The number of aryl methyl sites for hydroxylation is 1. The molecule has 1 aliphatic rings. The molecule has 3 rings (SSSR count). The third-order valence-corrected chi connectivity index (χ3v) is 4.69. The van der Waals surface area contributed by atoms with Crippen molar-refractivity contribution < 1.29 is 9.53 Å². The van der Waals surface area contributed by atoms with Crippen LogP contribution in [0.4, 0.5) is 5.95 Å². The fourth-order valence-electron chi connectivity index (χ4n) is 2.47. The highest BCUT2D eigenvalue weighted by molar-refractivity contribution is 7.13. The highest BCUT2D eigenvalue weighted by atomic mass is 32.1. The van der Waals surface area contributed by atoms with Crippen LogP contribution in [0.5, 0.6) is 0 Å². The molecule has 1 saturated heterocycles. The Morgan fingerprint density at radius 1 is 1.39 bits per heavy atom. The molecule has 3 heterocycles. The van der Waals surface area contributed by atoms with Crippen LogP contribution in [0.2, 0.25) is 0 Å². The van der Waals surface area contributed by atoms with Crippen molar-refractivity contribution >= 4 is 23.2 Å². The largest absolute Gasteiger partial charge is 0.368 e. The zero-order valence-corrected chi connectivity index (χ0v) is 14.3. The van der Waals surface area contributed by atoms with Crippen molar-refractivity contribution in [2.45, 2.75) is 13.0 Å². The minimum Gasteiger partial charge on any atom is -0.368 e. The summed E-state index contributed by atoms with van der Waals surface area (Å²) < 4.78 is 5.82. The number of thiophene rings is 1. The van der Waals surface area contributed by atoms with Crippen molar-refractivity contribution in [1.29, 1.82) is 0 Å². The van der Waals surface area contributed by atoms with Crippen molar-refractivity contribution in [3.63, 3.8) is 0 Å². The first-order valence-electron chi connectivity index (χ1n) is 7.52. The Balaban J connectivity index is 1.75. The van der Waals surface area contributed by atoms with Crippen LogP contribution in [0.15, 0.2) is 24.4 Å². The molecule has 1 atom stereocenters. The molecule has 0 aromatic carbocycles. The van der Waals surface area contributed by atoms with Crippen LogP contribution in [0.1, 0.15) is 26.3 Å². The molecule has 0 radical (unpaired) electrons. The number of morpholine rings is 1. The number of ether oxygens (including phenoxy) is 1. The molecule has 7 heteroatoms. The van der Waals surface area contributed by atoms with Gasteiger partial charge in [-0.25, -0.2) is 9.97 Å². The van der Waals surface area contributed by atoms with Gasteiger partial charge in [0.25, 0.3) is 5.91 Å². The van der Waals surface area contributed by atoms with E-state index >= 15 is 0 Å². The molecule has 2 aromatic heterocycles. The van der Waals surface area contributed by atoms with Gasteiger partial charge in [0.1, 0.15) is 6.10 Å². The minimum absolute atomic E-state index is 0.0679. The third-order valence-electron chi connectivity index (χ3n) is 3.70. The molecule has 0 aliphatic carbocycles. The standard InChI is InChI=1S/C16H20N4O2S/c1-11-4-5-14(23-11)15(21)20-8-9-22-13(10-20)12-6-7-17-16(18-12)19(2)3/h4-7,13H,8-10H2,1-3H3/t13-/m1/s1. The van der Waals surface area contributed by atoms with Gasteiger partial charge in [0.15, 0.2) is 0 Å². The van der Waals surface area contributed by atoms with E-state index in [1.54, 1.807) is 6.20 Å². The number of hydrogen-bond acceptors (Lipinski definition) is 6. The Morgan fingerprint density at radius 3 is 2.91 bits per heavy atom. The lowest BCUT2D eigenvalue weighted by Gasteiger charge is -2.32. The number of anilines is 1. The molecule has 1 amide bonds. The quantitative estimate of drug-likeness (QED) is 0.862. The third kappa shape index (κ3) is 3.51. The maximum Gasteiger partial charge on any atom is 0.264 e. The van der Waals surface area contributed by atoms with E-state index in [1.165, 1.54) is 11.3 Å². The Hall–Kier alpha value is -1.99. The summed E-state index contributed by atoms with van der Waals surface area (Å²) in [6.45, 7) is 3.65. The van der Waals surface area contributed by atoms with Crippen LogP contribution in [0.25, 0.3) is 0 Å². The first-order valence-corrected chi connectivity index (χ1v) is 8.34. The summed E-state index contributed by atoms with van der Waals surface area (Å²) in [6.07, 6.45) is 1.51. The summed E-state index contributed by atoms with van der Waals surface area (Å²) in [5, 5.41) is 0. The van der Waals surface area contributed by atoms with Crippen molar-refractivity contribution in [3.8, 4) is 0 Å². The lowest BCUT2D eigenvalue weighted by Crippen LogP contribution is -2.42. The zero-order valence-electron chi connectivity index (χ0n) is 13.5. The second kappa shape index (κ2) is 6.64. The molecular weight excluding hydrogens is 312 g/mol. The number of carbonyl (C=O) groups is 1. The second-order valence-electron chi connectivity index (χ2n) is 5.70. The molecule has 2 aromatic rings. The summed E-state index contributed by atoms with van der Waals surface area (Å²) in [6, 6.07) is 5.71. The number of aromatic nitrogens is 2. The van der Waals surface area contributed by atoms with Crippen molar-refractivity contribution in [1.82, 2.24) is 14.9 Å². The predicted molar refractivity (Wildman–Crippen MR) is 90.0 cm³/mol. The van der Waals surface area contributed by atoms with Gasteiger partial charge >= 0.3 is 0 Å². The van der Waals surface area contributed by atoms with Gasteiger partial charge in [-0.3, -0.25) is 4.79 Å². The zero-order chi connectivity index (χ0) is 16.4. The number of rotatable bonds is 3. The van der Waals surface area contributed by atoms with E-state index in [0.717, 1.165) is 15.4 Å². The van der Waals surface area contributed by atoms with Crippen LogP contribution < -0.4 is 4.90 Å². The second-order valence-corrected chi connectivity index (χ2v) is 6.98. The maximum absolute atomic E-state index is 12.6. The smallest absolute Gasteiger partial charge is 0.264 e. The van der Waals surface area contributed by atoms with Crippen molar-refractivity contribution in [2.75, 3.05) is 38.7 Å². The number of amides is 1. The molecule has 23 heavy (non-hydrogen) atoms.